The third kappa shape index (κ3) is 5.16. The Labute approximate surface area is 139 Å². The molecule has 0 fully saturated rings. The SMILES string of the molecule is CCCCc1cc(C)nc(NN=C(C)c2ccc(CC)cc2)n1. The average molecular weight is 310 g/mol. The van der Waals surface area contributed by atoms with Gasteiger partial charge in [0.05, 0.1) is 5.71 Å². The molecule has 23 heavy (non-hydrogen) atoms. The summed E-state index contributed by atoms with van der Waals surface area (Å²) in [5, 5.41) is 4.42. The van der Waals surface area contributed by atoms with Gasteiger partial charge in [-0.2, -0.15) is 5.10 Å². The maximum atomic E-state index is 4.53. The molecule has 0 aliphatic rings. The van der Waals surface area contributed by atoms with Crippen molar-refractivity contribution < 1.29 is 0 Å². The predicted molar refractivity (Wildman–Crippen MR) is 97.0 cm³/mol. The van der Waals surface area contributed by atoms with E-state index >= 15 is 0 Å². The molecule has 1 N–H and O–H groups in total. The maximum Gasteiger partial charge on any atom is 0.243 e. The zero-order valence-corrected chi connectivity index (χ0v) is 14.6. The maximum absolute atomic E-state index is 4.53. The van der Waals surface area contributed by atoms with E-state index < -0.39 is 0 Å². The Hall–Kier alpha value is -2.23. The average Bonchev–Trinajstić information content (AvgIpc) is 2.57. The van der Waals surface area contributed by atoms with Crippen LogP contribution < -0.4 is 5.43 Å². The largest absolute Gasteiger partial charge is 0.245 e. The first-order valence-corrected chi connectivity index (χ1v) is 8.36. The van der Waals surface area contributed by atoms with Crippen LogP contribution in [0.4, 0.5) is 5.95 Å². The standard InChI is InChI=1S/C19H26N4/c1-5-7-8-18-13-14(3)20-19(21-18)23-22-15(4)17-11-9-16(6-2)10-12-17/h9-13H,5-8H2,1-4H3,(H,20,21,23). The second kappa shape index (κ2) is 8.42. The van der Waals surface area contributed by atoms with Crippen LogP contribution in [0.2, 0.25) is 0 Å². The highest BCUT2D eigenvalue weighted by Gasteiger charge is 2.03. The highest BCUT2D eigenvalue weighted by molar-refractivity contribution is 5.99. The Morgan fingerprint density at radius 1 is 1.13 bits per heavy atom. The van der Waals surface area contributed by atoms with Crippen LogP contribution >= 0.6 is 0 Å². The molecule has 0 spiro atoms. The molecule has 0 atom stereocenters. The monoisotopic (exact) mass is 310 g/mol. The van der Waals surface area contributed by atoms with Crippen LogP contribution in [0, 0.1) is 6.92 Å². The van der Waals surface area contributed by atoms with Crippen molar-refractivity contribution in [2.45, 2.75) is 53.4 Å². The summed E-state index contributed by atoms with van der Waals surface area (Å²) in [5.74, 6) is 0.570. The van der Waals surface area contributed by atoms with E-state index in [4.69, 9.17) is 0 Å². The van der Waals surface area contributed by atoms with Crippen molar-refractivity contribution in [3.8, 4) is 0 Å². The van der Waals surface area contributed by atoms with Crippen molar-refractivity contribution in [2.24, 2.45) is 5.10 Å². The lowest BCUT2D eigenvalue weighted by molar-refractivity contribution is 0.772. The first-order chi connectivity index (χ1) is 11.1. The lowest BCUT2D eigenvalue weighted by Gasteiger charge is -2.06. The van der Waals surface area contributed by atoms with Gasteiger partial charge >= 0.3 is 0 Å². The highest BCUT2D eigenvalue weighted by Crippen LogP contribution is 2.10. The van der Waals surface area contributed by atoms with E-state index in [1.807, 2.05) is 19.9 Å². The van der Waals surface area contributed by atoms with E-state index in [1.54, 1.807) is 0 Å². The van der Waals surface area contributed by atoms with Gasteiger partial charge in [0.1, 0.15) is 0 Å². The number of nitrogens with one attached hydrogen (secondary N) is 1. The highest BCUT2D eigenvalue weighted by atomic mass is 15.4. The summed E-state index contributed by atoms with van der Waals surface area (Å²) >= 11 is 0. The zero-order chi connectivity index (χ0) is 16.7. The van der Waals surface area contributed by atoms with Gasteiger partial charge in [-0.1, -0.05) is 44.5 Å². The number of benzene rings is 1. The molecule has 0 saturated carbocycles. The Morgan fingerprint density at radius 3 is 2.52 bits per heavy atom. The smallest absolute Gasteiger partial charge is 0.243 e. The predicted octanol–water partition coefficient (Wildman–Crippen LogP) is 4.53. The number of aryl methyl sites for hydroxylation is 3. The molecule has 122 valence electrons. The molecule has 1 aromatic heterocycles. The van der Waals surface area contributed by atoms with Crippen molar-refractivity contribution in [3.63, 3.8) is 0 Å². The topological polar surface area (TPSA) is 50.2 Å². The molecule has 1 aromatic carbocycles. The van der Waals surface area contributed by atoms with Crippen LogP contribution in [0.25, 0.3) is 0 Å². The van der Waals surface area contributed by atoms with E-state index in [9.17, 15) is 0 Å². The van der Waals surface area contributed by atoms with E-state index in [0.29, 0.717) is 5.95 Å². The van der Waals surface area contributed by atoms with Crippen molar-refractivity contribution in [1.82, 2.24) is 9.97 Å². The minimum atomic E-state index is 0.570. The number of nitrogens with zero attached hydrogens (tertiary/aromatic N) is 3. The minimum absolute atomic E-state index is 0.570. The summed E-state index contributed by atoms with van der Waals surface area (Å²) in [6, 6.07) is 10.5. The molecule has 2 rings (SSSR count). The van der Waals surface area contributed by atoms with Gasteiger partial charge in [-0.05, 0) is 50.3 Å². The molecule has 0 aliphatic carbocycles. The molecule has 0 bridgehead atoms. The van der Waals surface area contributed by atoms with Gasteiger partial charge in [-0.3, -0.25) is 0 Å². The molecule has 4 heteroatoms. The molecule has 0 radical (unpaired) electrons. The van der Waals surface area contributed by atoms with E-state index in [2.05, 4.69) is 58.6 Å². The Bertz CT molecular complexity index is 660. The number of hydrazone groups is 1. The van der Waals surface area contributed by atoms with Gasteiger partial charge in [0.2, 0.25) is 5.95 Å². The minimum Gasteiger partial charge on any atom is -0.245 e. The molecule has 4 nitrogen and oxygen atoms in total. The van der Waals surface area contributed by atoms with Crippen molar-refractivity contribution >= 4 is 11.7 Å². The third-order valence-electron chi connectivity index (χ3n) is 3.80. The van der Waals surface area contributed by atoms with E-state index in [1.165, 1.54) is 5.56 Å². The number of aromatic nitrogens is 2. The summed E-state index contributed by atoms with van der Waals surface area (Å²) in [6.45, 7) is 8.32. The second-order valence-corrected chi connectivity index (χ2v) is 5.79. The zero-order valence-electron chi connectivity index (χ0n) is 14.6. The summed E-state index contributed by atoms with van der Waals surface area (Å²) in [4.78, 5) is 8.94. The molecule has 0 aliphatic heterocycles. The number of unbranched alkanes of at least 4 members (excludes halogenated alkanes) is 1. The summed E-state index contributed by atoms with van der Waals surface area (Å²) < 4.78 is 0. The fraction of sp³-hybridized carbons (Fsp3) is 0.421. The fourth-order valence-corrected chi connectivity index (χ4v) is 2.35. The van der Waals surface area contributed by atoms with Crippen molar-refractivity contribution in [1.29, 1.82) is 0 Å². The van der Waals surface area contributed by atoms with Crippen LogP contribution in [0.1, 0.15) is 56.1 Å². The summed E-state index contributed by atoms with van der Waals surface area (Å²) in [5.41, 5.74) is 8.39. The normalized spacial score (nSPS) is 11.6. The second-order valence-electron chi connectivity index (χ2n) is 5.79. The number of hydrogen-bond acceptors (Lipinski definition) is 4. The van der Waals surface area contributed by atoms with Gasteiger partial charge in [-0.25, -0.2) is 15.4 Å². The lowest BCUT2D eigenvalue weighted by atomic mass is 10.1. The Kier molecular flexibility index (Phi) is 6.27. The molecular formula is C19H26N4. The van der Waals surface area contributed by atoms with Crippen LogP contribution in [-0.4, -0.2) is 15.7 Å². The molecule has 2 aromatic rings. The Morgan fingerprint density at radius 2 is 1.87 bits per heavy atom. The van der Waals surface area contributed by atoms with Crippen LogP contribution in [0.5, 0.6) is 0 Å². The fourth-order valence-electron chi connectivity index (χ4n) is 2.35. The first-order valence-electron chi connectivity index (χ1n) is 8.36. The number of rotatable bonds is 7. The van der Waals surface area contributed by atoms with Gasteiger partial charge < -0.3 is 0 Å². The third-order valence-corrected chi connectivity index (χ3v) is 3.80. The van der Waals surface area contributed by atoms with E-state index in [-0.39, 0.29) is 0 Å². The molecule has 0 amide bonds. The van der Waals surface area contributed by atoms with Crippen molar-refractivity contribution in [2.75, 3.05) is 5.43 Å². The molecular weight excluding hydrogens is 284 g/mol. The van der Waals surface area contributed by atoms with Crippen LogP contribution in [0.15, 0.2) is 35.4 Å². The van der Waals surface area contributed by atoms with Gasteiger partial charge in [-0.15, -0.1) is 0 Å². The van der Waals surface area contributed by atoms with Crippen LogP contribution in [0.3, 0.4) is 0 Å². The van der Waals surface area contributed by atoms with Gasteiger partial charge in [0.15, 0.2) is 0 Å². The van der Waals surface area contributed by atoms with Gasteiger partial charge in [0, 0.05) is 11.4 Å². The molecule has 0 saturated heterocycles. The van der Waals surface area contributed by atoms with Gasteiger partial charge in [0.25, 0.3) is 0 Å². The first kappa shape index (κ1) is 17.1. The summed E-state index contributed by atoms with van der Waals surface area (Å²) in [6.07, 6.45) is 4.33. The molecule has 1 heterocycles. The van der Waals surface area contributed by atoms with Crippen LogP contribution in [-0.2, 0) is 12.8 Å². The number of hydrogen-bond donors (Lipinski definition) is 1. The Balaban J connectivity index is 2.09. The quantitative estimate of drug-likeness (QED) is 0.604. The lowest BCUT2D eigenvalue weighted by Crippen LogP contribution is -2.05. The van der Waals surface area contributed by atoms with Crippen molar-refractivity contribution in [3.05, 3.63) is 52.8 Å². The summed E-state index contributed by atoms with van der Waals surface area (Å²) in [7, 11) is 0. The number of anilines is 1. The van der Waals surface area contributed by atoms with E-state index in [0.717, 1.165) is 48.3 Å². The molecule has 0 unspecified atom stereocenters.